The number of fused-ring (bicyclic) bond motifs is 1. The van der Waals surface area contributed by atoms with Crippen LogP contribution in [-0.4, -0.2) is 47.1 Å². The lowest BCUT2D eigenvalue weighted by Gasteiger charge is -2.20. The van der Waals surface area contributed by atoms with Gasteiger partial charge in [-0.2, -0.15) is 0 Å². The van der Waals surface area contributed by atoms with E-state index in [1.54, 1.807) is 0 Å². The number of carbonyl (C=O) groups excluding carboxylic acids is 1. The lowest BCUT2D eigenvalue weighted by molar-refractivity contribution is 0.0949. The predicted molar refractivity (Wildman–Crippen MR) is 107 cm³/mol. The summed E-state index contributed by atoms with van der Waals surface area (Å²) in [5.74, 6) is -0.140. The second-order valence-electron chi connectivity index (χ2n) is 7.20. The number of aromatic nitrogens is 2. The van der Waals surface area contributed by atoms with Gasteiger partial charge in [0.15, 0.2) is 0 Å². The molecule has 27 heavy (non-hydrogen) atoms. The van der Waals surface area contributed by atoms with Crippen molar-refractivity contribution >= 4 is 17.0 Å². The van der Waals surface area contributed by atoms with Crippen molar-refractivity contribution in [1.29, 1.82) is 0 Å². The molecule has 0 radical (unpaired) electrons. The van der Waals surface area contributed by atoms with E-state index in [4.69, 9.17) is 4.52 Å². The molecule has 0 aliphatic heterocycles. The van der Waals surface area contributed by atoms with Gasteiger partial charge >= 0.3 is 0 Å². The summed E-state index contributed by atoms with van der Waals surface area (Å²) in [5.41, 5.74) is 4.39. The Bertz CT molecular complexity index is 945. The van der Waals surface area contributed by atoms with Crippen LogP contribution in [0.5, 0.6) is 0 Å². The normalized spacial score (nSPS) is 11.5. The Kier molecular flexibility index (Phi) is 5.56. The molecule has 0 atom stereocenters. The van der Waals surface area contributed by atoms with Crippen LogP contribution in [0.3, 0.4) is 0 Å². The number of amides is 1. The fourth-order valence-electron chi connectivity index (χ4n) is 2.85. The standard InChI is InChI=1S/C21H26N4O2/c1-13(2)25(5)11-10-22-20(26)17-12-18(16-8-6-14(3)7-9-16)23-21-19(17)15(4)24-27-21/h6-9,12-13H,10-11H2,1-5H3,(H,22,26). The first-order valence-corrected chi connectivity index (χ1v) is 9.19. The molecular formula is C21H26N4O2. The number of benzene rings is 1. The minimum absolute atomic E-state index is 0.140. The summed E-state index contributed by atoms with van der Waals surface area (Å²) in [7, 11) is 2.04. The summed E-state index contributed by atoms with van der Waals surface area (Å²) in [6.45, 7) is 9.47. The van der Waals surface area contributed by atoms with Crippen molar-refractivity contribution in [1.82, 2.24) is 20.4 Å². The third kappa shape index (κ3) is 4.17. The first-order valence-electron chi connectivity index (χ1n) is 9.19. The second-order valence-corrected chi connectivity index (χ2v) is 7.20. The van der Waals surface area contributed by atoms with E-state index in [-0.39, 0.29) is 5.91 Å². The van der Waals surface area contributed by atoms with Gasteiger partial charge in [-0.15, -0.1) is 0 Å². The second kappa shape index (κ2) is 7.88. The highest BCUT2D eigenvalue weighted by Gasteiger charge is 2.19. The van der Waals surface area contributed by atoms with Crippen molar-refractivity contribution in [3.63, 3.8) is 0 Å². The smallest absolute Gasteiger partial charge is 0.259 e. The van der Waals surface area contributed by atoms with Gasteiger partial charge in [-0.25, -0.2) is 4.98 Å². The van der Waals surface area contributed by atoms with E-state index in [0.717, 1.165) is 12.1 Å². The highest BCUT2D eigenvalue weighted by molar-refractivity contribution is 6.07. The van der Waals surface area contributed by atoms with Crippen molar-refractivity contribution < 1.29 is 9.32 Å². The highest BCUT2D eigenvalue weighted by Crippen LogP contribution is 2.27. The van der Waals surface area contributed by atoms with Crippen LogP contribution < -0.4 is 5.32 Å². The maximum Gasteiger partial charge on any atom is 0.259 e. The number of pyridine rings is 1. The van der Waals surface area contributed by atoms with Crippen molar-refractivity contribution in [3.05, 3.63) is 47.2 Å². The molecule has 3 rings (SSSR count). The lowest BCUT2D eigenvalue weighted by atomic mass is 10.0. The molecule has 0 bridgehead atoms. The van der Waals surface area contributed by atoms with E-state index in [1.807, 2.05) is 51.2 Å². The first-order chi connectivity index (χ1) is 12.9. The number of aryl methyl sites for hydroxylation is 2. The minimum Gasteiger partial charge on any atom is -0.351 e. The van der Waals surface area contributed by atoms with Crippen LogP contribution >= 0.6 is 0 Å². The van der Waals surface area contributed by atoms with E-state index in [1.165, 1.54) is 5.56 Å². The summed E-state index contributed by atoms with van der Waals surface area (Å²) >= 11 is 0. The quantitative estimate of drug-likeness (QED) is 0.722. The fraction of sp³-hybridized carbons (Fsp3) is 0.381. The predicted octanol–water partition coefficient (Wildman–Crippen LogP) is 3.58. The van der Waals surface area contributed by atoms with Crippen LogP contribution in [-0.2, 0) is 0 Å². The zero-order valence-electron chi connectivity index (χ0n) is 16.5. The number of hydrogen-bond donors (Lipinski definition) is 1. The summed E-state index contributed by atoms with van der Waals surface area (Å²) in [4.78, 5) is 19.6. The number of likely N-dealkylation sites (N-methyl/N-ethyl adjacent to an activating group) is 1. The van der Waals surface area contributed by atoms with Gasteiger partial charge in [-0.1, -0.05) is 35.0 Å². The molecule has 0 saturated carbocycles. The van der Waals surface area contributed by atoms with Crippen LogP contribution in [0.1, 0.15) is 35.5 Å². The molecule has 6 heteroatoms. The van der Waals surface area contributed by atoms with Crippen molar-refractivity contribution in [3.8, 4) is 11.3 Å². The van der Waals surface area contributed by atoms with Crippen LogP contribution in [0.25, 0.3) is 22.4 Å². The number of hydrogen-bond acceptors (Lipinski definition) is 5. The van der Waals surface area contributed by atoms with Gasteiger partial charge in [0.2, 0.25) is 0 Å². The zero-order valence-corrected chi connectivity index (χ0v) is 16.5. The van der Waals surface area contributed by atoms with E-state index in [9.17, 15) is 4.79 Å². The van der Waals surface area contributed by atoms with Crippen LogP contribution in [0.15, 0.2) is 34.9 Å². The lowest BCUT2D eigenvalue weighted by Crippen LogP contribution is -2.36. The molecule has 0 aliphatic rings. The Morgan fingerprint density at radius 2 is 1.93 bits per heavy atom. The van der Waals surface area contributed by atoms with Crippen molar-refractivity contribution in [2.75, 3.05) is 20.1 Å². The molecule has 0 fully saturated rings. The molecule has 0 saturated heterocycles. The third-order valence-corrected chi connectivity index (χ3v) is 4.84. The van der Waals surface area contributed by atoms with Gasteiger partial charge < -0.3 is 14.7 Å². The Labute approximate surface area is 159 Å². The maximum absolute atomic E-state index is 12.9. The van der Waals surface area contributed by atoms with Gasteiger partial charge in [-0.05, 0) is 40.8 Å². The summed E-state index contributed by atoms with van der Waals surface area (Å²) in [5, 5.41) is 7.66. The number of nitrogens with one attached hydrogen (secondary N) is 1. The average molecular weight is 366 g/mol. The van der Waals surface area contributed by atoms with E-state index < -0.39 is 0 Å². The molecule has 0 aliphatic carbocycles. The third-order valence-electron chi connectivity index (χ3n) is 4.84. The van der Waals surface area contributed by atoms with Crippen LogP contribution in [0.4, 0.5) is 0 Å². The average Bonchev–Trinajstić information content (AvgIpc) is 3.02. The Morgan fingerprint density at radius 3 is 2.59 bits per heavy atom. The van der Waals surface area contributed by atoms with E-state index in [0.29, 0.717) is 40.6 Å². The van der Waals surface area contributed by atoms with Crippen molar-refractivity contribution in [2.45, 2.75) is 33.7 Å². The zero-order chi connectivity index (χ0) is 19.6. The number of nitrogens with zero attached hydrogens (tertiary/aromatic N) is 3. The largest absolute Gasteiger partial charge is 0.351 e. The highest BCUT2D eigenvalue weighted by atomic mass is 16.5. The minimum atomic E-state index is -0.140. The van der Waals surface area contributed by atoms with Gasteiger partial charge in [0, 0.05) is 24.7 Å². The maximum atomic E-state index is 12.9. The van der Waals surface area contributed by atoms with Crippen LogP contribution in [0.2, 0.25) is 0 Å². The van der Waals surface area contributed by atoms with Gasteiger partial charge in [0.05, 0.1) is 22.3 Å². The molecule has 1 aromatic carbocycles. The molecule has 1 N–H and O–H groups in total. The molecule has 142 valence electrons. The number of carbonyl (C=O) groups is 1. The van der Waals surface area contributed by atoms with Gasteiger partial charge in [0.25, 0.3) is 11.6 Å². The van der Waals surface area contributed by atoms with Crippen LogP contribution in [0, 0.1) is 13.8 Å². The molecule has 0 spiro atoms. The first kappa shape index (κ1) is 19.0. The van der Waals surface area contributed by atoms with Crippen molar-refractivity contribution in [2.24, 2.45) is 0 Å². The van der Waals surface area contributed by atoms with Gasteiger partial charge in [0.1, 0.15) is 0 Å². The summed E-state index contributed by atoms with van der Waals surface area (Å²) in [6.07, 6.45) is 0. The molecule has 2 aromatic heterocycles. The summed E-state index contributed by atoms with van der Waals surface area (Å²) < 4.78 is 5.35. The molecule has 1 amide bonds. The Hall–Kier alpha value is -2.73. The Morgan fingerprint density at radius 1 is 1.22 bits per heavy atom. The molecule has 0 unspecified atom stereocenters. The fourth-order valence-corrected chi connectivity index (χ4v) is 2.85. The molecule has 6 nitrogen and oxygen atoms in total. The molecule has 3 aromatic rings. The topological polar surface area (TPSA) is 71.3 Å². The van der Waals surface area contributed by atoms with E-state index in [2.05, 4.69) is 34.2 Å². The summed E-state index contributed by atoms with van der Waals surface area (Å²) in [6, 6.07) is 10.3. The number of rotatable bonds is 6. The monoisotopic (exact) mass is 366 g/mol. The Balaban J connectivity index is 1.92. The molecular weight excluding hydrogens is 340 g/mol. The van der Waals surface area contributed by atoms with E-state index >= 15 is 0 Å². The van der Waals surface area contributed by atoms with Gasteiger partial charge in [-0.3, -0.25) is 4.79 Å². The SMILES string of the molecule is Cc1ccc(-c2cc(C(=O)NCCN(C)C(C)C)c3c(C)noc3n2)cc1. The molecule has 2 heterocycles.